The van der Waals surface area contributed by atoms with Crippen LogP contribution in [0.1, 0.15) is 32.1 Å². The Hall–Kier alpha value is -0.851. The van der Waals surface area contributed by atoms with Crippen LogP contribution in [0.2, 0.25) is 0 Å². The van der Waals surface area contributed by atoms with Gasteiger partial charge in [-0.2, -0.15) is 0 Å². The van der Waals surface area contributed by atoms with Crippen LogP contribution in [0, 0.1) is 5.92 Å². The van der Waals surface area contributed by atoms with Gasteiger partial charge in [0.25, 0.3) is 0 Å². The Morgan fingerprint density at radius 2 is 2.21 bits per heavy atom. The van der Waals surface area contributed by atoms with Gasteiger partial charge in [-0.05, 0) is 0 Å². The predicted octanol–water partition coefficient (Wildman–Crippen LogP) is 0.608. The van der Waals surface area contributed by atoms with Crippen molar-refractivity contribution in [2.45, 2.75) is 38.3 Å². The van der Waals surface area contributed by atoms with E-state index >= 15 is 0 Å². The van der Waals surface area contributed by atoms with E-state index in [-0.39, 0.29) is 6.17 Å². The van der Waals surface area contributed by atoms with Gasteiger partial charge >= 0.3 is 126 Å². The summed E-state index contributed by atoms with van der Waals surface area (Å²) in [4.78, 5) is 22.3. The van der Waals surface area contributed by atoms with Gasteiger partial charge in [0.15, 0.2) is 0 Å². The number of fused-ring (bicyclic) bond motifs is 1. The first-order valence-electron chi connectivity index (χ1n) is 6.85. The van der Waals surface area contributed by atoms with E-state index in [0.29, 0.717) is 5.92 Å². The monoisotopic (exact) mass is 365 g/mol. The van der Waals surface area contributed by atoms with Crippen LogP contribution in [-0.4, -0.2) is 51.5 Å². The van der Waals surface area contributed by atoms with Crippen molar-refractivity contribution in [3.8, 4) is 0 Å². The summed E-state index contributed by atoms with van der Waals surface area (Å²) >= 11 is 1.25. The Morgan fingerprint density at radius 3 is 2.95 bits per heavy atom. The van der Waals surface area contributed by atoms with E-state index in [1.807, 2.05) is 0 Å². The molecule has 1 atom stereocenters. The van der Waals surface area contributed by atoms with Crippen molar-refractivity contribution in [2.75, 3.05) is 16.8 Å². The van der Waals surface area contributed by atoms with Crippen molar-refractivity contribution in [1.29, 1.82) is 0 Å². The van der Waals surface area contributed by atoms with E-state index in [1.165, 1.54) is 54.6 Å². The fraction of sp³-hybridized carbons (Fsp3) is 0.615. The average Bonchev–Trinajstić information content (AvgIpc) is 2.78. The second-order valence-electron chi connectivity index (χ2n) is 5.31. The Balaban J connectivity index is 1.81. The van der Waals surface area contributed by atoms with Crippen molar-refractivity contribution in [3.63, 3.8) is 0 Å². The van der Waals surface area contributed by atoms with Gasteiger partial charge in [-0.25, -0.2) is 0 Å². The summed E-state index contributed by atoms with van der Waals surface area (Å²) in [6, 6.07) is 0. The molecule has 0 bridgehead atoms. The molecule has 6 heteroatoms. The summed E-state index contributed by atoms with van der Waals surface area (Å²) in [5, 5.41) is 3.15. The third-order valence-corrected chi connectivity index (χ3v) is 4.64. The molecule has 19 heavy (non-hydrogen) atoms. The summed E-state index contributed by atoms with van der Waals surface area (Å²) in [6.07, 6.45) is 8.94. The second kappa shape index (κ2) is 5.64. The van der Waals surface area contributed by atoms with Gasteiger partial charge in [-0.1, -0.05) is 0 Å². The predicted molar refractivity (Wildman–Crippen MR) is 74.8 cm³/mol. The number of hydrogen-bond donors (Lipinski definition) is 1. The number of nitrogens with zero attached hydrogens (tertiary/aromatic N) is 3. The Kier molecular flexibility index (Phi) is 3.91. The van der Waals surface area contributed by atoms with Crippen molar-refractivity contribution < 1.29 is 4.79 Å². The fourth-order valence-corrected chi connectivity index (χ4v) is 3.47. The zero-order valence-electron chi connectivity index (χ0n) is 10.8. The number of hydrogen-bond acceptors (Lipinski definition) is 5. The molecule has 99 valence electrons. The Bertz CT molecular complexity index is 476. The summed E-state index contributed by atoms with van der Waals surface area (Å²) < 4.78 is 0.980. The van der Waals surface area contributed by atoms with Crippen LogP contribution >= 0.6 is 0 Å². The van der Waals surface area contributed by atoms with E-state index in [0.717, 1.165) is 28.2 Å². The minimum absolute atomic E-state index is 0.297. The zero-order valence-corrected chi connectivity index (χ0v) is 13.7. The van der Waals surface area contributed by atoms with Gasteiger partial charge in [0, 0.05) is 0 Å². The molecule has 3 radical (unpaired) electrons. The number of aldehydes is 1. The first-order chi connectivity index (χ1) is 9.28. The van der Waals surface area contributed by atoms with E-state index in [9.17, 15) is 4.79 Å². The van der Waals surface area contributed by atoms with Crippen LogP contribution in [0.15, 0.2) is 6.20 Å². The molecule has 3 rings (SSSR count). The molecule has 1 aliphatic heterocycles. The number of carbonyl (C=O) groups excluding carboxylic acids is 1. The molecule has 1 N–H and O–H groups in total. The fourth-order valence-electron chi connectivity index (χ4n) is 2.99. The number of anilines is 2. The molecule has 0 aromatic carbocycles. The third-order valence-electron chi connectivity index (χ3n) is 3.96. The van der Waals surface area contributed by atoms with Crippen molar-refractivity contribution in [1.82, 2.24) is 9.97 Å². The standard InChI is InChI=1S/C13H17N4O.Sn/c18-9-11-16-12-13(15-7-6-14-12)17(11)8-10-4-2-1-3-5-10;/h6,9-11H,1-5,8H2,(H,14,16);. The normalized spacial score (nSPS) is 23.0. The zero-order chi connectivity index (χ0) is 13.2. The van der Waals surface area contributed by atoms with E-state index in [4.69, 9.17) is 0 Å². The first kappa shape index (κ1) is 13.1. The molecule has 0 saturated heterocycles. The minimum atomic E-state index is -0.297. The first-order valence-corrected chi connectivity index (χ1v) is 8.28. The molecule has 0 amide bonds. The molecule has 2 aliphatic rings. The van der Waals surface area contributed by atoms with Crippen LogP contribution in [0.3, 0.4) is 0 Å². The van der Waals surface area contributed by atoms with Gasteiger partial charge in [-0.15, -0.1) is 0 Å². The average molecular weight is 364 g/mol. The molecule has 1 fully saturated rings. The number of rotatable bonds is 3. The van der Waals surface area contributed by atoms with Crippen LogP contribution in [0.5, 0.6) is 0 Å². The maximum absolute atomic E-state index is 11.3. The van der Waals surface area contributed by atoms with E-state index < -0.39 is 0 Å². The Morgan fingerprint density at radius 1 is 1.42 bits per heavy atom. The van der Waals surface area contributed by atoms with Gasteiger partial charge in [-0.3, -0.25) is 0 Å². The molecule has 1 aromatic rings. The summed E-state index contributed by atoms with van der Waals surface area (Å²) in [5.41, 5.74) is 0. The number of aromatic nitrogens is 2. The quantitative estimate of drug-likeness (QED) is 0.629. The van der Waals surface area contributed by atoms with E-state index in [2.05, 4.69) is 20.2 Å². The van der Waals surface area contributed by atoms with Crippen molar-refractivity contribution in [2.24, 2.45) is 5.92 Å². The summed E-state index contributed by atoms with van der Waals surface area (Å²) in [7, 11) is 0. The third kappa shape index (κ3) is 2.70. The summed E-state index contributed by atoms with van der Waals surface area (Å²) in [5.74, 6) is 2.29. The molecular weight excluding hydrogens is 347 g/mol. The van der Waals surface area contributed by atoms with Crippen molar-refractivity contribution >= 4 is 44.2 Å². The van der Waals surface area contributed by atoms with Gasteiger partial charge in [0.2, 0.25) is 0 Å². The van der Waals surface area contributed by atoms with Crippen LogP contribution < -0.4 is 13.9 Å². The summed E-state index contributed by atoms with van der Waals surface area (Å²) in [6.45, 7) is 0.914. The maximum atomic E-state index is 11.3. The second-order valence-corrected chi connectivity index (χ2v) is 6.77. The van der Waals surface area contributed by atoms with Gasteiger partial charge in [0.05, 0.1) is 0 Å². The molecule has 2 heterocycles. The van der Waals surface area contributed by atoms with Crippen molar-refractivity contribution in [3.05, 3.63) is 6.20 Å². The molecule has 0 spiro atoms. The van der Waals surface area contributed by atoms with Gasteiger partial charge in [0.1, 0.15) is 0 Å². The molecular formula is C13H17N4OSn. The molecule has 1 unspecified atom stereocenters. The molecule has 1 saturated carbocycles. The molecule has 1 aliphatic carbocycles. The topological polar surface area (TPSA) is 58.1 Å². The van der Waals surface area contributed by atoms with Crippen LogP contribution in [0.4, 0.5) is 11.6 Å². The number of carbonyl (C=O) groups is 1. The SMILES string of the molecule is O=CC1Nc2nc[c]([Sn])nc2N1CC1CCCCC1. The van der Waals surface area contributed by atoms with E-state index in [1.54, 1.807) is 6.20 Å². The van der Waals surface area contributed by atoms with Crippen LogP contribution in [-0.2, 0) is 4.79 Å². The number of nitrogens with one attached hydrogen (secondary N) is 1. The van der Waals surface area contributed by atoms with Gasteiger partial charge < -0.3 is 0 Å². The molecule has 5 nitrogen and oxygen atoms in total. The Labute approximate surface area is 126 Å². The molecule has 1 aromatic heterocycles. The van der Waals surface area contributed by atoms with Crippen LogP contribution in [0.25, 0.3) is 0 Å².